The number of guanidine groups is 1. The fourth-order valence-corrected chi connectivity index (χ4v) is 4.59. The van der Waals surface area contributed by atoms with Crippen LogP contribution in [0, 0.1) is 0 Å². The highest BCUT2D eigenvalue weighted by molar-refractivity contribution is 14.0. The summed E-state index contributed by atoms with van der Waals surface area (Å²) in [5.41, 5.74) is 1.28. The third kappa shape index (κ3) is 6.20. The summed E-state index contributed by atoms with van der Waals surface area (Å²) >= 11 is 0. The van der Waals surface area contributed by atoms with E-state index in [1.54, 1.807) is 0 Å². The van der Waals surface area contributed by atoms with Crippen LogP contribution in [0.5, 0.6) is 0 Å². The second-order valence-electron chi connectivity index (χ2n) is 8.22. The van der Waals surface area contributed by atoms with E-state index < -0.39 is 0 Å². The van der Waals surface area contributed by atoms with Gasteiger partial charge in [0.05, 0.1) is 0 Å². The van der Waals surface area contributed by atoms with Crippen LogP contribution in [-0.4, -0.2) is 52.1 Å². The maximum atomic E-state index is 4.84. The molecule has 1 saturated carbocycles. The Morgan fingerprint density at radius 1 is 1.17 bits per heavy atom. The quantitative estimate of drug-likeness (QED) is 0.332. The average Bonchev–Trinajstić information content (AvgIpc) is 3.49. The van der Waals surface area contributed by atoms with Gasteiger partial charge in [-0.25, -0.2) is 9.98 Å². The van der Waals surface area contributed by atoms with E-state index in [0.29, 0.717) is 12.6 Å². The van der Waals surface area contributed by atoms with Gasteiger partial charge >= 0.3 is 0 Å². The zero-order chi connectivity index (χ0) is 19.9. The van der Waals surface area contributed by atoms with Gasteiger partial charge < -0.3 is 15.2 Å². The van der Waals surface area contributed by atoms with Crippen LogP contribution >= 0.6 is 24.0 Å². The lowest BCUT2D eigenvalue weighted by molar-refractivity contribution is 0.242. The van der Waals surface area contributed by atoms with Gasteiger partial charge in [-0.3, -0.25) is 4.90 Å². The molecule has 1 aliphatic carbocycles. The Balaban J connectivity index is 0.00000256. The van der Waals surface area contributed by atoms with Crippen LogP contribution in [0.15, 0.2) is 47.7 Å². The first-order valence-electron chi connectivity index (χ1n) is 11.1. The van der Waals surface area contributed by atoms with E-state index in [2.05, 4.69) is 56.3 Å². The van der Waals surface area contributed by atoms with Crippen LogP contribution in [-0.2, 0) is 13.1 Å². The molecule has 2 aromatic rings. The molecule has 2 fully saturated rings. The fraction of sp³-hybridized carbons (Fsp3) is 0.565. The molecule has 1 aromatic heterocycles. The largest absolute Gasteiger partial charge is 0.357 e. The number of aliphatic imine (C=N–C) groups is 1. The molecule has 0 radical (unpaired) electrons. The van der Waals surface area contributed by atoms with Crippen molar-refractivity contribution in [1.29, 1.82) is 0 Å². The van der Waals surface area contributed by atoms with Crippen LogP contribution in [0.25, 0.3) is 0 Å². The minimum absolute atomic E-state index is 0. The van der Waals surface area contributed by atoms with Crippen molar-refractivity contribution in [3.05, 3.63) is 54.1 Å². The molecule has 6 nitrogen and oxygen atoms in total. The summed E-state index contributed by atoms with van der Waals surface area (Å²) in [5.74, 6) is 1.89. The molecule has 1 atom stereocenters. The molecule has 2 heterocycles. The Morgan fingerprint density at radius 3 is 2.73 bits per heavy atom. The van der Waals surface area contributed by atoms with Gasteiger partial charge in [0.15, 0.2) is 5.96 Å². The molecule has 164 valence electrons. The zero-order valence-electron chi connectivity index (χ0n) is 18.0. The smallest absolute Gasteiger partial charge is 0.191 e. The minimum Gasteiger partial charge on any atom is -0.357 e. The molecule has 7 heteroatoms. The monoisotopic (exact) mass is 522 g/mol. The predicted molar refractivity (Wildman–Crippen MR) is 133 cm³/mol. The van der Waals surface area contributed by atoms with E-state index in [1.807, 2.05) is 18.5 Å². The fourth-order valence-electron chi connectivity index (χ4n) is 4.59. The van der Waals surface area contributed by atoms with Gasteiger partial charge in [0.1, 0.15) is 12.4 Å². The lowest BCUT2D eigenvalue weighted by Crippen LogP contribution is -2.45. The normalized spacial score (nSPS) is 20.3. The number of halogens is 1. The van der Waals surface area contributed by atoms with Gasteiger partial charge in [-0.15, -0.1) is 24.0 Å². The Morgan fingerprint density at radius 2 is 1.97 bits per heavy atom. The lowest BCUT2D eigenvalue weighted by Gasteiger charge is -2.24. The number of nitrogens with zero attached hydrogens (tertiary/aromatic N) is 4. The van der Waals surface area contributed by atoms with Crippen LogP contribution in [0.3, 0.4) is 0 Å². The van der Waals surface area contributed by atoms with Gasteiger partial charge in [0.2, 0.25) is 0 Å². The molecule has 1 unspecified atom stereocenters. The molecule has 1 aromatic carbocycles. The van der Waals surface area contributed by atoms with Gasteiger partial charge in [-0.1, -0.05) is 43.2 Å². The summed E-state index contributed by atoms with van der Waals surface area (Å²) in [7, 11) is 0. The van der Waals surface area contributed by atoms with Gasteiger partial charge in [0.25, 0.3) is 0 Å². The minimum atomic E-state index is 0. The van der Waals surface area contributed by atoms with E-state index >= 15 is 0 Å². The predicted octanol–water partition coefficient (Wildman–Crippen LogP) is 3.62. The molecule has 2 aliphatic rings. The molecule has 30 heavy (non-hydrogen) atoms. The summed E-state index contributed by atoms with van der Waals surface area (Å²) in [6.45, 7) is 6.74. The van der Waals surface area contributed by atoms with Crippen molar-refractivity contribution in [2.24, 2.45) is 4.99 Å². The summed E-state index contributed by atoms with van der Waals surface area (Å²) < 4.78 is 2.18. The Hall–Kier alpha value is -1.61. The van der Waals surface area contributed by atoms with Crippen molar-refractivity contribution >= 4 is 29.9 Å². The number of imidazole rings is 1. The van der Waals surface area contributed by atoms with Crippen molar-refractivity contribution in [2.45, 2.75) is 64.2 Å². The number of aromatic nitrogens is 2. The summed E-state index contributed by atoms with van der Waals surface area (Å²) in [6, 6.07) is 11.8. The zero-order valence-corrected chi connectivity index (χ0v) is 20.3. The SMILES string of the molecule is CCNC(=NCc1nccn1Cc1ccccc1)NC1CCN(C2CCCC2)C1.I. The Kier molecular flexibility index (Phi) is 8.99. The Labute approximate surface area is 197 Å². The average molecular weight is 522 g/mol. The molecule has 1 aliphatic heterocycles. The standard InChI is InChI=1S/C23H34N6.HI/c1-2-24-23(27-20-12-14-28(18-20)21-10-6-7-11-21)26-16-22-25-13-15-29(22)17-19-8-4-3-5-9-19;/h3-5,8-9,13,15,20-21H,2,6-7,10-12,14,16-18H2,1H3,(H2,24,26,27);1H. The van der Waals surface area contributed by atoms with Crippen molar-refractivity contribution in [2.75, 3.05) is 19.6 Å². The molecule has 4 rings (SSSR count). The number of benzene rings is 1. The molecule has 1 saturated heterocycles. The first-order valence-corrected chi connectivity index (χ1v) is 11.1. The highest BCUT2D eigenvalue weighted by Crippen LogP contribution is 2.26. The molecular weight excluding hydrogens is 487 g/mol. The van der Waals surface area contributed by atoms with Crippen LogP contribution < -0.4 is 10.6 Å². The maximum absolute atomic E-state index is 4.84. The van der Waals surface area contributed by atoms with Crippen LogP contribution in [0.2, 0.25) is 0 Å². The highest BCUT2D eigenvalue weighted by Gasteiger charge is 2.30. The van der Waals surface area contributed by atoms with Crippen molar-refractivity contribution < 1.29 is 0 Å². The molecule has 0 spiro atoms. The maximum Gasteiger partial charge on any atom is 0.191 e. The molecule has 0 bridgehead atoms. The van der Waals surface area contributed by atoms with Gasteiger partial charge in [0, 0.05) is 50.7 Å². The molecule has 0 amide bonds. The van der Waals surface area contributed by atoms with Gasteiger partial charge in [-0.05, 0) is 31.7 Å². The number of hydrogen-bond acceptors (Lipinski definition) is 3. The lowest BCUT2D eigenvalue weighted by atomic mass is 10.2. The van der Waals surface area contributed by atoms with E-state index in [4.69, 9.17) is 4.99 Å². The third-order valence-electron chi connectivity index (χ3n) is 6.12. The number of hydrogen-bond donors (Lipinski definition) is 2. The van der Waals surface area contributed by atoms with Crippen LogP contribution in [0.4, 0.5) is 0 Å². The van der Waals surface area contributed by atoms with Crippen LogP contribution in [0.1, 0.15) is 50.4 Å². The number of rotatable bonds is 7. The first-order chi connectivity index (χ1) is 14.3. The van der Waals surface area contributed by atoms with Crippen molar-refractivity contribution in [3.63, 3.8) is 0 Å². The Bertz CT molecular complexity index is 784. The summed E-state index contributed by atoms with van der Waals surface area (Å²) in [6.07, 6.45) is 10.7. The topological polar surface area (TPSA) is 57.5 Å². The third-order valence-corrected chi connectivity index (χ3v) is 6.12. The number of likely N-dealkylation sites (tertiary alicyclic amines) is 1. The molecule has 2 N–H and O–H groups in total. The second-order valence-corrected chi connectivity index (χ2v) is 8.22. The van der Waals surface area contributed by atoms with Crippen molar-refractivity contribution in [1.82, 2.24) is 25.1 Å². The highest BCUT2D eigenvalue weighted by atomic mass is 127. The summed E-state index contributed by atoms with van der Waals surface area (Å²) in [4.78, 5) is 12.1. The number of nitrogens with one attached hydrogen (secondary N) is 2. The first kappa shape index (κ1) is 23.1. The van der Waals surface area contributed by atoms with E-state index in [0.717, 1.165) is 37.5 Å². The van der Waals surface area contributed by atoms with E-state index in [1.165, 1.54) is 44.2 Å². The molecular formula is C23H35IN6. The van der Waals surface area contributed by atoms with E-state index in [-0.39, 0.29) is 24.0 Å². The van der Waals surface area contributed by atoms with Crippen molar-refractivity contribution in [3.8, 4) is 0 Å². The van der Waals surface area contributed by atoms with Gasteiger partial charge in [-0.2, -0.15) is 0 Å². The summed E-state index contributed by atoms with van der Waals surface area (Å²) in [5, 5.41) is 7.07. The van der Waals surface area contributed by atoms with E-state index in [9.17, 15) is 0 Å². The second kappa shape index (κ2) is 11.7.